The molecule has 230 valence electrons. The van der Waals surface area contributed by atoms with E-state index in [4.69, 9.17) is 23.7 Å². The van der Waals surface area contributed by atoms with Crippen LogP contribution in [0.1, 0.15) is 21.5 Å². The Labute approximate surface area is 261 Å². The van der Waals surface area contributed by atoms with Gasteiger partial charge in [-0.2, -0.15) is 4.98 Å². The first kappa shape index (κ1) is 30.6. The number of hydrogen-bond donors (Lipinski definition) is 2. The molecule has 0 saturated carbocycles. The highest BCUT2D eigenvalue weighted by molar-refractivity contribution is 6.06. The van der Waals surface area contributed by atoms with E-state index in [0.29, 0.717) is 40.1 Å². The number of rotatable bonds is 11. The Morgan fingerprint density at radius 1 is 0.733 bits per heavy atom. The molecule has 3 aromatic carbocycles. The Bertz CT molecular complexity index is 1790. The summed E-state index contributed by atoms with van der Waals surface area (Å²) in [5, 5.41) is 6.12. The largest absolute Gasteiger partial charge is 0.493 e. The van der Waals surface area contributed by atoms with Crippen molar-refractivity contribution in [1.29, 1.82) is 0 Å². The lowest BCUT2D eigenvalue weighted by Crippen LogP contribution is -2.16. The molecule has 5 aromatic rings. The highest BCUT2D eigenvalue weighted by Gasteiger charge is 2.21. The van der Waals surface area contributed by atoms with Gasteiger partial charge in [-0.25, -0.2) is 4.98 Å². The molecule has 0 fully saturated rings. The zero-order chi connectivity index (χ0) is 31.9. The number of methoxy groups -OCH3 is 4. The van der Waals surface area contributed by atoms with Crippen LogP contribution in [0.4, 0.5) is 17.3 Å². The molecule has 0 radical (unpaired) electrons. The number of carbonyl (C=O) groups is 1. The molecule has 0 bridgehead atoms. The molecule has 2 N–H and O–H groups in total. The molecule has 1 amide bonds. The summed E-state index contributed by atoms with van der Waals surface area (Å²) in [5.74, 6) is 1.85. The maximum Gasteiger partial charge on any atom is 0.262 e. The van der Waals surface area contributed by atoms with Gasteiger partial charge in [-0.05, 0) is 48.7 Å². The number of anilines is 3. The lowest BCUT2D eigenvalue weighted by Gasteiger charge is -2.17. The fraction of sp³-hybridized carbons (Fsp3) is 0.176. The van der Waals surface area contributed by atoms with Gasteiger partial charge in [0.25, 0.3) is 5.91 Å². The SMILES string of the molecule is COc1cc(-c2cccnc2)ccc1Oc1nc(Nc2cc(OC)c(OC)c(OC)c2)ncc1C(=O)Nc1c(C)cccc1C. The first-order valence-corrected chi connectivity index (χ1v) is 13.9. The monoisotopic (exact) mass is 607 g/mol. The minimum atomic E-state index is -0.437. The number of aromatic nitrogens is 3. The van der Waals surface area contributed by atoms with E-state index in [1.54, 1.807) is 37.7 Å². The highest BCUT2D eigenvalue weighted by atomic mass is 16.5. The van der Waals surface area contributed by atoms with Crippen LogP contribution in [0, 0.1) is 13.8 Å². The van der Waals surface area contributed by atoms with Crippen LogP contribution in [-0.2, 0) is 0 Å². The molecule has 11 heteroatoms. The van der Waals surface area contributed by atoms with E-state index in [2.05, 4.69) is 25.6 Å². The van der Waals surface area contributed by atoms with Gasteiger partial charge in [-0.15, -0.1) is 0 Å². The third-order valence-electron chi connectivity index (χ3n) is 7.00. The van der Waals surface area contributed by atoms with Crippen molar-refractivity contribution in [3.8, 4) is 45.8 Å². The minimum Gasteiger partial charge on any atom is -0.493 e. The summed E-state index contributed by atoms with van der Waals surface area (Å²) in [7, 11) is 6.13. The third-order valence-corrected chi connectivity index (χ3v) is 7.00. The highest BCUT2D eigenvalue weighted by Crippen LogP contribution is 2.41. The van der Waals surface area contributed by atoms with Crippen LogP contribution in [0.15, 0.2) is 79.3 Å². The normalized spacial score (nSPS) is 10.5. The molecule has 5 rings (SSSR count). The van der Waals surface area contributed by atoms with Crippen LogP contribution >= 0.6 is 0 Å². The molecule has 0 saturated heterocycles. The van der Waals surface area contributed by atoms with Gasteiger partial charge < -0.3 is 34.3 Å². The van der Waals surface area contributed by atoms with E-state index in [-0.39, 0.29) is 17.4 Å². The summed E-state index contributed by atoms with van der Waals surface area (Å²) in [6.07, 6.45) is 4.88. The average molecular weight is 608 g/mol. The second kappa shape index (κ2) is 13.6. The van der Waals surface area contributed by atoms with Crippen molar-refractivity contribution in [2.45, 2.75) is 13.8 Å². The summed E-state index contributed by atoms with van der Waals surface area (Å²) in [5.41, 5.74) is 5.00. The van der Waals surface area contributed by atoms with E-state index < -0.39 is 5.91 Å². The van der Waals surface area contributed by atoms with Gasteiger partial charge in [0.1, 0.15) is 5.56 Å². The topological polar surface area (TPSA) is 126 Å². The average Bonchev–Trinajstić information content (AvgIpc) is 3.06. The molecule has 45 heavy (non-hydrogen) atoms. The number of carbonyl (C=O) groups excluding carboxylic acids is 1. The van der Waals surface area contributed by atoms with Crippen LogP contribution in [-0.4, -0.2) is 49.3 Å². The predicted molar refractivity (Wildman–Crippen MR) is 172 cm³/mol. The van der Waals surface area contributed by atoms with Crippen LogP contribution < -0.4 is 34.3 Å². The van der Waals surface area contributed by atoms with Gasteiger partial charge in [-0.3, -0.25) is 9.78 Å². The van der Waals surface area contributed by atoms with Crippen LogP contribution in [0.3, 0.4) is 0 Å². The standard InChI is InChI=1S/C34H33N5O6/c1-20-9-7-10-21(2)30(20)38-32(40)25-19-36-34(37-24-16-28(42-4)31(44-6)29(17-24)43-5)39-33(25)45-26-13-12-22(15-27(26)41-3)23-11-8-14-35-18-23/h7-19H,1-6H3,(H,38,40)(H,36,37,39). The number of benzene rings is 3. The number of para-hydroxylation sites is 1. The van der Waals surface area contributed by atoms with Crippen molar-refractivity contribution in [2.75, 3.05) is 39.1 Å². The fourth-order valence-electron chi connectivity index (χ4n) is 4.70. The number of pyridine rings is 1. The van der Waals surface area contributed by atoms with Crippen molar-refractivity contribution in [1.82, 2.24) is 15.0 Å². The Morgan fingerprint density at radius 3 is 2.07 bits per heavy atom. The molecule has 11 nitrogen and oxygen atoms in total. The molecule has 0 spiro atoms. The van der Waals surface area contributed by atoms with Gasteiger partial charge >= 0.3 is 0 Å². The Hall–Kier alpha value is -5.84. The van der Waals surface area contributed by atoms with Crippen molar-refractivity contribution in [3.05, 3.63) is 95.9 Å². The van der Waals surface area contributed by atoms with Crippen LogP contribution in [0.25, 0.3) is 11.1 Å². The maximum absolute atomic E-state index is 13.7. The maximum atomic E-state index is 13.7. The number of ether oxygens (including phenoxy) is 5. The van der Waals surface area contributed by atoms with Gasteiger partial charge in [0, 0.05) is 47.7 Å². The second-order valence-corrected chi connectivity index (χ2v) is 9.88. The second-order valence-electron chi connectivity index (χ2n) is 9.88. The molecule has 0 aliphatic carbocycles. The molecule has 0 unspecified atom stereocenters. The van der Waals surface area contributed by atoms with Gasteiger partial charge in [0.2, 0.25) is 17.6 Å². The van der Waals surface area contributed by atoms with E-state index in [9.17, 15) is 4.79 Å². The summed E-state index contributed by atoms with van der Waals surface area (Å²) in [6.45, 7) is 3.85. The van der Waals surface area contributed by atoms with Gasteiger partial charge in [0.05, 0.1) is 28.4 Å². The molecule has 0 atom stereocenters. The van der Waals surface area contributed by atoms with Crippen molar-refractivity contribution in [2.24, 2.45) is 0 Å². The lowest BCUT2D eigenvalue weighted by molar-refractivity contribution is 0.102. The molecule has 2 aromatic heterocycles. The molecular formula is C34H33N5O6. The summed E-state index contributed by atoms with van der Waals surface area (Å²) < 4.78 is 28.3. The van der Waals surface area contributed by atoms with Crippen molar-refractivity contribution >= 4 is 23.2 Å². The van der Waals surface area contributed by atoms with Crippen molar-refractivity contribution < 1.29 is 28.5 Å². The summed E-state index contributed by atoms with van der Waals surface area (Å²) in [6, 6.07) is 18.5. The van der Waals surface area contributed by atoms with Gasteiger partial charge in [0.15, 0.2) is 23.0 Å². The van der Waals surface area contributed by atoms with Crippen LogP contribution in [0.5, 0.6) is 34.6 Å². The number of aryl methyl sites for hydroxylation is 2. The first-order valence-electron chi connectivity index (χ1n) is 13.9. The number of nitrogens with one attached hydrogen (secondary N) is 2. The van der Waals surface area contributed by atoms with Crippen LogP contribution in [0.2, 0.25) is 0 Å². The molecular weight excluding hydrogens is 574 g/mol. The molecule has 0 aliphatic rings. The number of nitrogens with zero attached hydrogens (tertiary/aromatic N) is 3. The molecule has 0 aliphatic heterocycles. The summed E-state index contributed by atoms with van der Waals surface area (Å²) in [4.78, 5) is 26.9. The van der Waals surface area contributed by atoms with E-state index in [1.807, 2.05) is 56.3 Å². The number of amides is 1. The Kier molecular flexibility index (Phi) is 9.28. The first-order chi connectivity index (χ1) is 21.8. The lowest BCUT2D eigenvalue weighted by atomic mass is 10.1. The third kappa shape index (κ3) is 6.72. The Balaban J connectivity index is 1.54. The quantitative estimate of drug-likeness (QED) is 0.162. The predicted octanol–water partition coefficient (Wildman–Crippen LogP) is 6.98. The zero-order valence-electron chi connectivity index (χ0n) is 25.8. The minimum absolute atomic E-state index is 0.0103. The smallest absolute Gasteiger partial charge is 0.262 e. The Morgan fingerprint density at radius 2 is 1.44 bits per heavy atom. The van der Waals surface area contributed by atoms with Crippen molar-refractivity contribution in [3.63, 3.8) is 0 Å². The van der Waals surface area contributed by atoms with Gasteiger partial charge in [-0.1, -0.05) is 30.3 Å². The summed E-state index contributed by atoms with van der Waals surface area (Å²) >= 11 is 0. The van der Waals surface area contributed by atoms with E-state index in [0.717, 1.165) is 22.3 Å². The van der Waals surface area contributed by atoms with E-state index in [1.165, 1.54) is 27.5 Å². The fourth-order valence-corrected chi connectivity index (χ4v) is 4.70. The number of hydrogen-bond acceptors (Lipinski definition) is 10. The zero-order valence-corrected chi connectivity index (χ0v) is 25.8. The van der Waals surface area contributed by atoms with E-state index >= 15 is 0 Å². The molecule has 2 heterocycles.